The van der Waals surface area contributed by atoms with Gasteiger partial charge in [0.05, 0.1) is 0 Å². The van der Waals surface area contributed by atoms with Gasteiger partial charge in [0.2, 0.25) is 0 Å². The van der Waals surface area contributed by atoms with E-state index >= 15 is 0 Å². The molecule has 0 aromatic heterocycles. The maximum atomic E-state index is 11.6. The number of carboxylic acid groups (broad SMARTS) is 2. The van der Waals surface area contributed by atoms with E-state index in [-0.39, 0.29) is 0 Å². The Hall–Kier alpha value is -3.22. The van der Waals surface area contributed by atoms with Crippen LogP contribution in [0, 0.1) is 6.92 Å². The second-order valence-corrected chi connectivity index (χ2v) is 9.09. The number of carbonyl (C=O) groups is 2. The van der Waals surface area contributed by atoms with Crippen LogP contribution in [0.4, 0.5) is 0 Å². The average Bonchev–Trinajstić information content (AvgIpc) is 2.85. The van der Waals surface area contributed by atoms with Gasteiger partial charge >= 0.3 is 11.9 Å². The zero-order chi connectivity index (χ0) is 26.3. The number of unbranched alkanes of at least 4 members (excludes halogenated alkanes) is 6. The summed E-state index contributed by atoms with van der Waals surface area (Å²) in [5.74, 6) is 0.235. The van der Waals surface area contributed by atoms with E-state index in [0.717, 1.165) is 56.9 Å². The molecule has 198 valence electrons. The van der Waals surface area contributed by atoms with Crippen LogP contribution in [0.2, 0.25) is 0 Å². The van der Waals surface area contributed by atoms with Gasteiger partial charge in [-0.1, -0.05) is 52.4 Å². The van der Waals surface area contributed by atoms with Gasteiger partial charge in [0.25, 0.3) is 0 Å². The first-order chi connectivity index (χ1) is 17.3. The van der Waals surface area contributed by atoms with Gasteiger partial charge in [0, 0.05) is 0 Å². The zero-order valence-corrected chi connectivity index (χ0v) is 21.7. The molecule has 0 aliphatic heterocycles. The van der Waals surface area contributed by atoms with E-state index in [1.165, 1.54) is 0 Å². The predicted octanol–water partition coefficient (Wildman–Crippen LogP) is 7.39. The Kier molecular flexibility index (Phi) is 12.7. The summed E-state index contributed by atoms with van der Waals surface area (Å²) in [4.78, 5) is 23.1. The minimum Gasteiger partial charge on any atom is -0.479 e. The van der Waals surface area contributed by atoms with Gasteiger partial charge in [-0.25, -0.2) is 9.59 Å². The standard InChI is InChI=1S/C29H40O7/c1-4-6-8-10-12-26(28(30)31)35-23-16-14-22(15-17-23)34-24-18-19-25(21(3)20-24)36-27(29(32)33)13-11-9-7-5-2/h14-20,26-27H,4-13H2,1-3H3,(H,30,31)(H,32,33)/t26-,27-/m1/s1. The van der Waals surface area contributed by atoms with E-state index in [1.54, 1.807) is 42.5 Å². The highest BCUT2D eigenvalue weighted by molar-refractivity contribution is 5.73. The molecule has 2 aromatic rings. The van der Waals surface area contributed by atoms with Crippen molar-refractivity contribution in [1.29, 1.82) is 0 Å². The van der Waals surface area contributed by atoms with Crippen molar-refractivity contribution < 1.29 is 34.0 Å². The summed E-state index contributed by atoms with van der Waals surface area (Å²) in [5, 5.41) is 19.0. The Labute approximate surface area is 214 Å². The first-order valence-corrected chi connectivity index (χ1v) is 13.0. The highest BCUT2D eigenvalue weighted by Gasteiger charge is 2.20. The molecule has 7 heteroatoms. The van der Waals surface area contributed by atoms with Gasteiger partial charge in [-0.05, 0) is 80.6 Å². The molecular weight excluding hydrogens is 460 g/mol. The third-order valence-electron chi connectivity index (χ3n) is 5.94. The largest absolute Gasteiger partial charge is 0.479 e. The van der Waals surface area contributed by atoms with Crippen molar-refractivity contribution >= 4 is 11.9 Å². The summed E-state index contributed by atoms with van der Waals surface area (Å²) >= 11 is 0. The molecule has 0 saturated heterocycles. The van der Waals surface area contributed by atoms with E-state index in [9.17, 15) is 19.8 Å². The third-order valence-corrected chi connectivity index (χ3v) is 5.94. The molecule has 2 N–H and O–H groups in total. The second-order valence-electron chi connectivity index (χ2n) is 9.09. The average molecular weight is 501 g/mol. The number of carboxylic acids is 2. The molecule has 2 aromatic carbocycles. The molecule has 0 fully saturated rings. The summed E-state index contributed by atoms with van der Waals surface area (Å²) < 4.78 is 17.4. The molecule has 0 saturated carbocycles. The summed E-state index contributed by atoms with van der Waals surface area (Å²) in [6.45, 7) is 6.08. The number of benzene rings is 2. The number of aryl methyl sites for hydroxylation is 1. The molecule has 0 aliphatic carbocycles. The van der Waals surface area contributed by atoms with Crippen molar-refractivity contribution in [3.63, 3.8) is 0 Å². The van der Waals surface area contributed by atoms with Crippen LogP contribution in [-0.2, 0) is 9.59 Å². The van der Waals surface area contributed by atoms with Gasteiger partial charge in [0.1, 0.15) is 23.0 Å². The van der Waals surface area contributed by atoms with Crippen molar-refractivity contribution in [1.82, 2.24) is 0 Å². The molecule has 2 atom stereocenters. The number of aliphatic carboxylic acids is 2. The molecule has 0 radical (unpaired) electrons. The lowest BCUT2D eigenvalue weighted by atomic mass is 10.1. The first-order valence-electron chi connectivity index (χ1n) is 13.0. The predicted molar refractivity (Wildman–Crippen MR) is 139 cm³/mol. The van der Waals surface area contributed by atoms with Crippen molar-refractivity contribution in [3.05, 3.63) is 48.0 Å². The maximum absolute atomic E-state index is 11.6. The van der Waals surface area contributed by atoms with Crippen LogP contribution in [0.5, 0.6) is 23.0 Å². The van der Waals surface area contributed by atoms with Crippen LogP contribution >= 0.6 is 0 Å². The summed E-state index contributed by atoms with van der Waals surface area (Å²) in [5.41, 5.74) is 0.777. The maximum Gasteiger partial charge on any atom is 0.344 e. The van der Waals surface area contributed by atoms with E-state index < -0.39 is 24.1 Å². The molecule has 0 spiro atoms. The molecule has 0 aliphatic rings. The molecule has 7 nitrogen and oxygen atoms in total. The quantitative estimate of drug-likeness (QED) is 0.206. The lowest BCUT2D eigenvalue weighted by Gasteiger charge is -2.17. The smallest absolute Gasteiger partial charge is 0.344 e. The van der Waals surface area contributed by atoms with Crippen LogP contribution in [-0.4, -0.2) is 34.4 Å². The van der Waals surface area contributed by atoms with Gasteiger partial charge in [-0.2, -0.15) is 0 Å². The molecule has 36 heavy (non-hydrogen) atoms. The topological polar surface area (TPSA) is 102 Å². The van der Waals surface area contributed by atoms with Crippen molar-refractivity contribution in [2.24, 2.45) is 0 Å². The van der Waals surface area contributed by atoms with Gasteiger partial charge in [-0.3, -0.25) is 0 Å². The number of hydrogen-bond donors (Lipinski definition) is 2. The van der Waals surface area contributed by atoms with Crippen LogP contribution in [0.25, 0.3) is 0 Å². The fraction of sp³-hybridized carbons (Fsp3) is 0.517. The first kappa shape index (κ1) is 29.0. The minimum atomic E-state index is -0.962. The SMILES string of the molecule is CCCCCC[C@@H](Oc1ccc(Oc2ccc(O[C@H](CCCCCC)C(=O)O)c(C)c2)cc1)C(=O)O. The highest BCUT2D eigenvalue weighted by Crippen LogP contribution is 2.30. The van der Waals surface area contributed by atoms with Crippen LogP contribution in [0.3, 0.4) is 0 Å². The number of hydrogen-bond acceptors (Lipinski definition) is 5. The Morgan fingerprint density at radius 1 is 0.694 bits per heavy atom. The van der Waals surface area contributed by atoms with Crippen LogP contribution < -0.4 is 14.2 Å². The lowest BCUT2D eigenvalue weighted by molar-refractivity contribution is -0.146. The van der Waals surface area contributed by atoms with E-state index in [1.807, 2.05) is 6.92 Å². The third kappa shape index (κ3) is 10.2. The van der Waals surface area contributed by atoms with Crippen molar-refractivity contribution in [3.8, 4) is 23.0 Å². The van der Waals surface area contributed by atoms with Gasteiger partial charge in [-0.15, -0.1) is 0 Å². The van der Waals surface area contributed by atoms with Gasteiger partial charge < -0.3 is 24.4 Å². The summed E-state index contributed by atoms with van der Waals surface area (Å²) in [6, 6.07) is 12.1. The van der Waals surface area contributed by atoms with Crippen LogP contribution in [0.1, 0.15) is 83.6 Å². The fourth-order valence-corrected chi connectivity index (χ4v) is 3.84. The minimum absolute atomic E-state index is 0.475. The Balaban J connectivity index is 1.94. The monoisotopic (exact) mass is 500 g/mol. The fourth-order valence-electron chi connectivity index (χ4n) is 3.84. The molecule has 0 unspecified atom stereocenters. The van der Waals surface area contributed by atoms with Gasteiger partial charge in [0.15, 0.2) is 12.2 Å². The lowest BCUT2D eigenvalue weighted by Crippen LogP contribution is -2.27. The molecule has 0 bridgehead atoms. The summed E-state index contributed by atoms with van der Waals surface area (Å²) in [7, 11) is 0. The molecule has 0 heterocycles. The van der Waals surface area contributed by atoms with Crippen molar-refractivity contribution in [2.45, 2.75) is 97.2 Å². The normalized spacial score (nSPS) is 12.5. The van der Waals surface area contributed by atoms with Crippen molar-refractivity contribution in [2.75, 3.05) is 0 Å². The Bertz CT molecular complexity index is 939. The van der Waals surface area contributed by atoms with E-state index in [4.69, 9.17) is 14.2 Å². The van der Waals surface area contributed by atoms with E-state index in [2.05, 4.69) is 13.8 Å². The Morgan fingerprint density at radius 2 is 1.19 bits per heavy atom. The zero-order valence-electron chi connectivity index (χ0n) is 21.7. The Morgan fingerprint density at radius 3 is 1.69 bits per heavy atom. The molecule has 0 amide bonds. The number of rotatable bonds is 18. The highest BCUT2D eigenvalue weighted by atomic mass is 16.5. The van der Waals surface area contributed by atoms with E-state index in [0.29, 0.717) is 35.8 Å². The summed E-state index contributed by atoms with van der Waals surface area (Å²) in [6.07, 6.45) is 7.19. The molecule has 2 rings (SSSR count). The number of ether oxygens (including phenoxy) is 3. The molecular formula is C29H40O7. The van der Waals surface area contributed by atoms with Crippen LogP contribution in [0.15, 0.2) is 42.5 Å². The second kappa shape index (κ2) is 15.7.